The van der Waals surface area contributed by atoms with E-state index in [0.29, 0.717) is 6.54 Å². The molecule has 2 aromatic rings. The third-order valence-electron chi connectivity index (χ3n) is 2.04. The minimum atomic E-state index is 0.441. The van der Waals surface area contributed by atoms with Crippen molar-refractivity contribution in [1.29, 1.82) is 0 Å². The number of rotatable bonds is 2. The normalized spacial score (nSPS) is 10.6. The van der Waals surface area contributed by atoms with Crippen LogP contribution in [0.4, 0.5) is 0 Å². The Morgan fingerprint density at radius 2 is 2.38 bits per heavy atom. The summed E-state index contributed by atoms with van der Waals surface area (Å²) in [5, 5.41) is 7.98. The van der Waals surface area contributed by atoms with Crippen LogP contribution in [-0.4, -0.2) is 17.3 Å². The fourth-order valence-corrected chi connectivity index (χ4v) is 1.42. The van der Waals surface area contributed by atoms with E-state index in [1.807, 2.05) is 18.2 Å². The number of aromatic nitrogens is 2. The molecule has 0 saturated carbocycles. The van der Waals surface area contributed by atoms with Gasteiger partial charge in [-0.05, 0) is 12.1 Å². The average molecular weight is 177 g/mol. The van der Waals surface area contributed by atoms with Crippen LogP contribution in [0.2, 0.25) is 0 Å². The standard InChI is InChI=1S/C9H11N3O/c1-13-8-4-2-3-6-9(8)7(5-10)12-11-6/h2-4H,5,10H2,1H3,(H,11,12). The van der Waals surface area contributed by atoms with Crippen LogP contribution in [0, 0.1) is 0 Å². The number of aromatic amines is 1. The fraction of sp³-hybridized carbons (Fsp3) is 0.222. The number of nitrogens with two attached hydrogens (primary N) is 1. The van der Waals surface area contributed by atoms with E-state index in [1.54, 1.807) is 7.11 Å². The quantitative estimate of drug-likeness (QED) is 0.720. The van der Waals surface area contributed by atoms with Crippen molar-refractivity contribution >= 4 is 10.9 Å². The molecule has 3 N–H and O–H groups in total. The van der Waals surface area contributed by atoms with Crippen LogP contribution in [0.25, 0.3) is 10.9 Å². The number of hydrogen-bond donors (Lipinski definition) is 2. The summed E-state index contributed by atoms with van der Waals surface area (Å²) in [5.74, 6) is 0.812. The Balaban J connectivity index is 2.76. The van der Waals surface area contributed by atoms with E-state index in [4.69, 9.17) is 10.5 Å². The molecule has 1 aromatic carbocycles. The summed E-state index contributed by atoms with van der Waals surface area (Å²) in [4.78, 5) is 0. The number of methoxy groups -OCH3 is 1. The van der Waals surface area contributed by atoms with Crippen LogP contribution in [0.1, 0.15) is 5.69 Å². The molecule has 0 fully saturated rings. The molecule has 0 radical (unpaired) electrons. The van der Waals surface area contributed by atoms with Gasteiger partial charge in [0.2, 0.25) is 0 Å². The van der Waals surface area contributed by atoms with Gasteiger partial charge in [-0.2, -0.15) is 5.10 Å². The van der Waals surface area contributed by atoms with Crippen molar-refractivity contribution in [2.24, 2.45) is 5.73 Å². The Morgan fingerprint density at radius 1 is 1.54 bits per heavy atom. The average Bonchev–Trinajstić information content (AvgIpc) is 2.60. The predicted molar refractivity (Wildman–Crippen MR) is 50.5 cm³/mol. The third kappa shape index (κ3) is 1.15. The molecule has 0 aliphatic rings. The summed E-state index contributed by atoms with van der Waals surface area (Å²) in [6.45, 7) is 0.441. The number of hydrogen-bond acceptors (Lipinski definition) is 3. The van der Waals surface area contributed by atoms with E-state index >= 15 is 0 Å². The van der Waals surface area contributed by atoms with Crippen LogP contribution in [-0.2, 0) is 6.54 Å². The van der Waals surface area contributed by atoms with Gasteiger partial charge in [-0.3, -0.25) is 5.10 Å². The third-order valence-corrected chi connectivity index (χ3v) is 2.04. The highest BCUT2D eigenvalue weighted by molar-refractivity contribution is 5.87. The van der Waals surface area contributed by atoms with Gasteiger partial charge >= 0.3 is 0 Å². The van der Waals surface area contributed by atoms with E-state index in [9.17, 15) is 0 Å². The SMILES string of the molecule is COc1cccc2n[nH]c(CN)c12. The Labute approximate surface area is 75.7 Å². The van der Waals surface area contributed by atoms with Crippen LogP contribution in [0.3, 0.4) is 0 Å². The molecular formula is C9H11N3O. The molecule has 2 rings (SSSR count). The van der Waals surface area contributed by atoms with Crippen molar-refractivity contribution in [3.8, 4) is 5.75 Å². The number of nitrogens with one attached hydrogen (secondary N) is 1. The van der Waals surface area contributed by atoms with Gasteiger partial charge in [0.25, 0.3) is 0 Å². The van der Waals surface area contributed by atoms with Gasteiger partial charge in [0, 0.05) is 6.54 Å². The highest BCUT2D eigenvalue weighted by Crippen LogP contribution is 2.26. The maximum Gasteiger partial charge on any atom is 0.130 e. The van der Waals surface area contributed by atoms with Crippen molar-refractivity contribution in [3.63, 3.8) is 0 Å². The summed E-state index contributed by atoms with van der Waals surface area (Å²) in [5.41, 5.74) is 7.36. The monoisotopic (exact) mass is 177 g/mol. The smallest absolute Gasteiger partial charge is 0.130 e. The fourth-order valence-electron chi connectivity index (χ4n) is 1.42. The zero-order valence-corrected chi connectivity index (χ0v) is 7.37. The number of benzene rings is 1. The Bertz CT molecular complexity index is 422. The Hall–Kier alpha value is -1.55. The second-order valence-electron chi connectivity index (χ2n) is 2.76. The van der Waals surface area contributed by atoms with Gasteiger partial charge in [-0.1, -0.05) is 6.07 Å². The van der Waals surface area contributed by atoms with Crippen molar-refractivity contribution in [2.75, 3.05) is 7.11 Å². The first-order valence-electron chi connectivity index (χ1n) is 4.07. The zero-order valence-electron chi connectivity index (χ0n) is 7.37. The molecule has 1 heterocycles. The molecule has 0 aliphatic carbocycles. The molecule has 4 nitrogen and oxygen atoms in total. The summed E-state index contributed by atoms with van der Waals surface area (Å²) in [6.07, 6.45) is 0. The van der Waals surface area contributed by atoms with Gasteiger partial charge < -0.3 is 10.5 Å². The first-order valence-corrected chi connectivity index (χ1v) is 4.07. The minimum absolute atomic E-state index is 0.441. The minimum Gasteiger partial charge on any atom is -0.496 e. The summed E-state index contributed by atoms with van der Waals surface area (Å²) in [7, 11) is 1.64. The Kier molecular flexibility index (Phi) is 1.90. The van der Waals surface area contributed by atoms with Crippen LogP contribution in [0.5, 0.6) is 5.75 Å². The molecule has 0 aliphatic heterocycles. The molecule has 1 aromatic heterocycles. The first kappa shape index (κ1) is 8.07. The Morgan fingerprint density at radius 3 is 3.08 bits per heavy atom. The van der Waals surface area contributed by atoms with Gasteiger partial charge in [-0.15, -0.1) is 0 Å². The number of nitrogens with zero attached hydrogens (tertiary/aromatic N) is 1. The summed E-state index contributed by atoms with van der Waals surface area (Å²) < 4.78 is 5.21. The van der Waals surface area contributed by atoms with Crippen molar-refractivity contribution in [1.82, 2.24) is 10.2 Å². The van der Waals surface area contributed by atoms with Crippen LogP contribution < -0.4 is 10.5 Å². The number of ether oxygens (including phenoxy) is 1. The molecular weight excluding hydrogens is 166 g/mol. The van der Waals surface area contributed by atoms with Gasteiger partial charge in [0.1, 0.15) is 5.75 Å². The highest BCUT2D eigenvalue weighted by Gasteiger charge is 2.08. The maximum atomic E-state index is 5.56. The van der Waals surface area contributed by atoms with Crippen LogP contribution >= 0.6 is 0 Å². The molecule has 0 unspecified atom stereocenters. The lowest BCUT2D eigenvalue weighted by Gasteiger charge is -2.01. The molecule has 68 valence electrons. The number of fused-ring (bicyclic) bond motifs is 1. The highest BCUT2D eigenvalue weighted by atomic mass is 16.5. The largest absolute Gasteiger partial charge is 0.496 e. The first-order chi connectivity index (χ1) is 6.36. The lowest BCUT2D eigenvalue weighted by atomic mass is 10.2. The molecule has 0 saturated heterocycles. The van der Waals surface area contributed by atoms with E-state index in [2.05, 4.69) is 10.2 Å². The van der Waals surface area contributed by atoms with E-state index < -0.39 is 0 Å². The lowest BCUT2D eigenvalue weighted by Crippen LogP contribution is -1.97. The zero-order chi connectivity index (χ0) is 9.26. The molecule has 0 atom stereocenters. The maximum absolute atomic E-state index is 5.56. The van der Waals surface area contributed by atoms with E-state index in [1.165, 1.54) is 0 Å². The molecule has 0 spiro atoms. The van der Waals surface area contributed by atoms with Crippen LogP contribution in [0.15, 0.2) is 18.2 Å². The molecule has 13 heavy (non-hydrogen) atoms. The molecule has 0 amide bonds. The topological polar surface area (TPSA) is 63.9 Å². The second-order valence-corrected chi connectivity index (χ2v) is 2.76. The summed E-state index contributed by atoms with van der Waals surface area (Å²) >= 11 is 0. The second kappa shape index (κ2) is 3.06. The van der Waals surface area contributed by atoms with Gasteiger partial charge in [0.05, 0.1) is 23.7 Å². The van der Waals surface area contributed by atoms with Crippen molar-refractivity contribution < 1.29 is 4.74 Å². The van der Waals surface area contributed by atoms with Crippen molar-refractivity contribution in [2.45, 2.75) is 6.54 Å². The number of H-pyrrole nitrogens is 1. The predicted octanol–water partition coefficient (Wildman–Crippen LogP) is 1.03. The van der Waals surface area contributed by atoms with E-state index in [-0.39, 0.29) is 0 Å². The van der Waals surface area contributed by atoms with Gasteiger partial charge in [0.15, 0.2) is 0 Å². The molecule has 0 bridgehead atoms. The molecule has 4 heteroatoms. The lowest BCUT2D eigenvalue weighted by molar-refractivity contribution is 0.419. The van der Waals surface area contributed by atoms with Crippen molar-refractivity contribution in [3.05, 3.63) is 23.9 Å². The summed E-state index contributed by atoms with van der Waals surface area (Å²) in [6, 6.07) is 5.73. The van der Waals surface area contributed by atoms with Gasteiger partial charge in [-0.25, -0.2) is 0 Å². The van der Waals surface area contributed by atoms with E-state index in [0.717, 1.165) is 22.3 Å².